The molecule has 0 heterocycles. The maximum atomic E-state index is 13.6. The van der Waals surface area contributed by atoms with Crippen LogP contribution in [0.1, 0.15) is 0 Å². The molecule has 3 N–H and O–H groups in total. The van der Waals surface area contributed by atoms with Gasteiger partial charge in [-0.1, -0.05) is 0 Å². The first-order valence-corrected chi connectivity index (χ1v) is 6.91. The number of nitrogens with two attached hydrogens (primary N) is 1. The summed E-state index contributed by atoms with van der Waals surface area (Å²) in [6.07, 6.45) is 0. The van der Waals surface area contributed by atoms with Gasteiger partial charge in [0.2, 0.25) is 0 Å². The molecule has 0 unspecified atom stereocenters. The van der Waals surface area contributed by atoms with E-state index >= 15 is 0 Å². The van der Waals surface area contributed by atoms with E-state index in [-0.39, 0.29) is 21.5 Å². The third kappa shape index (κ3) is 3.14. The number of benzene rings is 2. The van der Waals surface area contributed by atoms with E-state index in [1.165, 1.54) is 12.1 Å². The Balaban J connectivity index is 2.42. The normalized spacial score (nSPS) is 10.6. The lowest BCUT2D eigenvalue weighted by Crippen LogP contribution is -2.01. The highest BCUT2D eigenvalue weighted by Gasteiger charge is 2.11. The van der Waals surface area contributed by atoms with Gasteiger partial charge in [0.1, 0.15) is 17.5 Å². The summed E-state index contributed by atoms with van der Waals surface area (Å²) < 4.78 is 40.6. The van der Waals surface area contributed by atoms with Crippen molar-refractivity contribution in [3.05, 3.63) is 49.8 Å². The van der Waals surface area contributed by atoms with E-state index in [1.54, 1.807) is 22.6 Å². The molecule has 0 saturated heterocycles. The monoisotopic (exact) mass is 442 g/mol. The minimum Gasteiger partial charge on any atom is -0.397 e. The van der Waals surface area contributed by atoms with Crippen LogP contribution in [0.5, 0.6) is 0 Å². The van der Waals surface area contributed by atoms with Crippen LogP contribution in [0.2, 0.25) is 0 Å². The van der Waals surface area contributed by atoms with Crippen molar-refractivity contribution < 1.29 is 13.2 Å². The van der Waals surface area contributed by atoms with Gasteiger partial charge >= 0.3 is 0 Å². The van der Waals surface area contributed by atoms with Gasteiger partial charge in [0.15, 0.2) is 0 Å². The molecule has 19 heavy (non-hydrogen) atoms. The van der Waals surface area contributed by atoms with Gasteiger partial charge < -0.3 is 11.1 Å². The van der Waals surface area contributed by atoms with Crippen LogP contribution in [0.25, 0.3) is 0 Å². The zero-order valence-electron chi connectivity index (χ0n) is 9.28. The molecule has 0 aliphatic carbocycles. The molecule has 0 radical (unpaired) electrons. The predicted octanol–water partition coefficient (Wildman–Crippen LogP) is 4.80. The van der Waals surface area contributed by atoms with Gasteiger partial charge in [-0.2, -0.15) is 0 Å². The van der Waals surface area contributed by atoms with Crippen molar-refractivity contribution in [2.45, 2.75) is 0 Å². The van der Waals surface area contributed by atoms with Crippen LogP contribution in [0, 0.1) is 21.0 Å². The Morgan fingerprint density at radius 2 is 1.63 bits per heavy atom. The minimum atomic E-state index is -0.793. The van der Waals surface area contributed by atoms with E-state index in [0.29, 0.717) is 3.57 Å². The first-order valence-electron chi connectivity index (χ1n) is 5.04. The van der Waals surface area contributed by atoms with E-state index in [1.807, 2.05) is 0 Å². The van der Waals surface area contributed by atoms with Gasteiger partial charge in [-0.05, 0) is 50.7 Å². The largest absolute Gasteiger partial charge is 0.397 e. The SMILES string of the molecule is Nc1cc(I)c(F)cc1Nc1cc(Br)c(F)cc1F. The molecule has 0 atom stereocenters. The van der Waals surface area contributed by atoms with Crippen LogP contribution in [0.4, 0.5) is 30.2 Å². The molecule has 2 aromatic carbocycles. The van der Waals surface area contributed by atoms with Gasteiger partial charge in [0, 0.05) is 12.1 Å². The van der Waals surface area contributed by atoms with Crippen LogP contribution in [0.3, 0.4) is 0 Å². The van der Waals surface area contributed by atoms with Gasteiger partial charge in [0.05, 0.1) is 25.1 Å². The van der Waals surface area contributed by atoms with E-state index < -0.39 is 17.5 Å². The summed E-state index contributed by atoms with van der Waals surface area (Å²) in [5.41, 5.74) is 6.20. The van der Waals surface area contributed by atoms with Crippen LogP contribution in [0.15, 0.2) is 28.7 Å². The average Bonchev–Trinajstić information content (AvgIpc) is 2.32. The quantitative estimate of drug-likeness (QED) is 0.398. The third-order valence-corrected chi connectivity index (χ3v) is 3.81. The van der Waals surface area contributed by atoms with E-state index in [9.17, 15) is 13.2 Å². The molecule has 0 fully saturated rings. The molecule has 0 spiro atoms. The lowest BCUT2D eigenvalue weighted by molar-refractivity contribution is 0.581. The standard InChI is InChI=1S/C12H7BrF3IN2/c13-5-1-11(8(16)2-6(5)14)19-12-3-7(15)9(17)4-10(12)18/h1-4,19H,18H2. The van der Waals surface area contributed by atoms with Crippen LogP contribution in [-0.4, -0.2) is 0 Å². The molecular weight excluding hydrogens is 436 g/mol. The number of rotatable bonds is 2. The Kier molecular flexibility index (Phi) is 4.24. The summed E-state index contributed by atoms with van der Waals surface area (Å²) in [7, 11) is 0. The Labute approximate surface area is 129 Å². The van der Waals surface area contributed by atoms with Crippen molar-refractivity contribution in [3.63, 3.8) is 0 Å². The maximum Gasteiger partial charge on any atom is 0.149 e. The van der Waals surface area contributed by atoms with E-state index in [4.69, 9.17) is 5.73 Å². The maximum absolute atomic E-state index is 13.6. The highest BCUT2D eigenvalue weighted by Crippen LogP contribution is 2.30. The van der Waals surface area contributed by atoms with Crippen LogP contribution in [-0.2, 0) is 0 Å². The average molecular weight is 443 g/mol. The second-order valence-electron chi connectivity index (χ2n) is 3.72. The van der Waals surface area contributed by atoms with Crippen LogP contribution < -0.4 is 11.1 Å². The highest BCUT2D eigenvalue weighted by atomic mass is 127. The molecule has 0 amide bonds. The Morgan fingerprint density at radius 3 is 2.32 bits per heavy atom. The fourth-order valence-electron chi connectivity index (χ4n) is 1.43. The zero-order chi connectivity index (χ0) is 14.2. The Morgan fingerprint density at radius 1 is 0.947 bits per heavy atom. The first-order chi connectivity index (χ1) is 8.88. The summed E-state index contributed by atoms with van der Waals surface area (Å²) in [6, 6.07) is 4.54. The molecule has 100 valence electrons. The summed E-state index contributed by atoms with van der Waals surface area (Å²) >= 11 is 4.75. The second-order valence-corrected chi connectivity index (χ2v) is 5.74. The van der Waals surface area contributed by atoms with Crippen molar-refractivity contribution in [2.24, 2.45) is 0 Å². The molecule has 0 bridgehead atoms. The summed E-state index contributed by atoms with van der Waals surface area (Å²) in [5, 5.41) is 2.64. The lowest BCUT2D eigenvalue weighted by Gasteiger charge is -2.12. The number of nitrogens with one attached hydrogen (secondary N) is 1. The zero-order valence-corrected chi connectivity index (χ0v) is 13.0. The van der Waals surface area contributed by atoms with E-state index in [2.05, 4.69) is 21.2 Å². The van der Waals surface area contributed by atoms with Crippen molar-refractivity contribution in [3.8, 4) is 0 Å². The topological polar surface area (TPSA) is 38.0 Å². The molecule has 0 aliphatic heterocycles. The van der Waals surface area contributed by atoms with Gasteiger partial charge in [-0.3, -0.25) is 0 Å². The minimum absolute atomic E-state index is 0.000540. The molecule has 0 aliphatic rings. The smallest absolute Gasteiger partial charge is 0.149 e. The molecule has 0 saturated carbocycles. The highest BCUT2D eigenvalue weighted by molar-refractivity contribution is 14.1. The molecule has 7 heteroatoms. The summed E-state index contributed by atoms with van der Waals surface area (Å²) in [6.45, 7) is 0. The number of hydrogen-bond acceptors (Lipinski definition) is 2. The molecule has 2 aromatic rings. The van der Waals surface area contributed by atoms with Gasteiger partial charge in [-0.25, -0.2) is 13.2 Å². The van der Waals surface area contributed by atoms with Crippen molar-refractivity contribution in [1.82, 2.24) is 0 Å². The Hall–Kier alpha value is -0.960. The molecule has 2 nitrogen and oxygen atoms in total. The molecular formula is C12H7BrF3IN2. The second kappa shape index (κ2) is 5.58. The number of nitrogen functional groups attached to an aromatic ring is 1. The van der Waals surface area contributed by atoms with Crippen molar-refractivity contribution >= 4 is 55.6 Å². The molecule has 0 aromatic heterocycles. The fraction of sp³-hybridized carbons (Fsp3) is 0. The van der Waals surface area contributed by atoms with Crippen LogP contribution >= 0.6 is 38.5 Å². The summed E-state index contributed by atoms with van der Waals surface area (Å²) in [5.74, 6) is -1.98. The fourth-order valence-corrected chi connectivity index (χ4v) is 2.27. The Bertz CT molecular complexity index is 594. The summed E-state index contributed by atoms with van der Waals surface area (Å²) in [4.78, 5) is 0. The number of hydrogen-bond donors (Lipinski definition) is 2. The first kappa shape index (κ1) is 14.4. The van der Waals surface area contributed by atoms with E-state index in [0.717, 1.165) is 12.1 Å². The predicted molar refractivity (Wildman–Crippen MR) is 80.9 cm³/mol. The van der Waals surface area contributed by atoms with Crippen molar-refractivity contribution in [1.29, 1.82) is 0 Å². The van der Waals surface area contributed by atoms with Gasteiger partial charge in [0.25, 0.3) is 0 Å². The lowest BCUT2D eigenvalue weighted by atomic mass is 10.2. The molecule has 2 rings (SSSR count). The van der Waals surface area contributed by atoms with Gasteiger partial charge in [-0.15, -0.1) is 0 Å². The number of anilines is 3. The third-order valence-electron chi connectivity index (χ3n) is 2.37. The number of halogens is 5. The van der Waals surface area contributed by atoms with Crippen molar-refractivity contribution in [2.75, 3.05) is 11.1 Å².